The Bertz CT molecular complexity index is 827. The number of aromatic hydroxyl groups is 1. The summed E-state index contributed by atoms with van der Waals surface area (Å²) in [4.78, 5) is 4.60. The molecule has 0 amide bonds. The number of fused-ring (bicyclic) bond motifs is 1. The number of aromatic nitrogens is 1. The molecule has 2 aromatic carbocycles. The number of hydrogen-bond donors (Lipinski definition) is 1. The molecule has 0 saturated heterocycles. The molecule has 118 valence electrons. The molecule has 0 aliphatic carbocycles. The van der Waals surface area contributed by atoms with Gasteiger partial charge in [-0.05, 0) is 37.1 Å². The Morgan fingerprint density at radius 3 is 2.70 bits per heavy atom. The van der Waals surface area contributed by atoms with Gasteiger partial charge in [-0.25, -0.2) is 4.98 Å². The van der Waals surface area contributed by atoms with E-state index in [1.54, 1.807) is 0 Å². The molecule has 0 unspecified atom stereocenters. The van der Waals surface area contributed by atoms with Crippen molar-refractivity contribution in [3.63, 3.8) is 0 Å². The second-order valence-electron chi connectivity index (χ2n) is 5.73. The zero-order valence-electron chi connectivity index (χ0n) is 13.5. The number of benzene rings is 2. The number of rotatable bonds is 5. The van der Waals surface area contributed by atoms with E-state index >= 15 is 0 Å². The molecule has 0 atom stereocenters. The molecule has 0 spiro atoms. The maximum absolute atomic E-state index is 10.3. The van der Waals surface area contributed by atoms with Crippen molar-refractivity contribution in [3.05, 3.63) is 65.4 Å². The molecule has 3 rings (SSSR count). The quantitative estimate of drug-likeness (QED) is 0.737. The van der Waals surface area contributed by atoms with E-state index in [9.17, 15) is 5.11 Å². The first-order valence-corrected chi connectivity index (χ1v) is 7.98. The van der Waals surface area contributed by atoms with Crippen LogP contribution in [-0.4, -0.2) is 10.1 Å². The summed E-state index contributed by atoms with van der Waals surface area (Å²) in [6.07, 6.45) is 1.88. The van der Waals surface area contributed by atoms with Gasteiger partial charge >= 0.3 is 0 Å². The third-order valence-corrected chi connectivity index (χ3v) is 4.02. The van der Waals surface area contributed by atoms with Crippen LogP contribution in [-0.2, 0) is 13.0 Å². The van der Waals surface area contributed by atoms with Gasteiger partial charge < -0.3 is 9.84 Å². The number of phenolic OH excluding ortho intramolecular Hbond substituents is 1. The number of phenols is 1. The highest BCUT2D eigenvalue weighted by atomic mass is 16.5. The van der Waals surface area contributed by atoms with Crippen molar-refractivity contribution in [1.82, 2.24) is 4.98 Å². The van der Waals surface area contributed by atoms with Gasteiger partial charge in [-0.15, -0.1) is 0 Å². The smallest absolute Gasteiger partial charge is 0.130 e. The van der Waals surface area contributed by atoms with E-state index in [-0.39, 0.29) is 0 Å². The fourth-order valence-electron chi connectivity index (χ4n) is 2.71. The monoisotopic (exact) mass is 307 g/mol. The summed E-state index contributed by atoms with van der Waals surface area (Å²) in [5.74, 6) is 1.05. The molecule has 0 bridgehead atoms. The molecular weight excluding hydrogens is 286 g/mol. The Kier molecular flexibility index (Phi) is 4.47. The number of hydrogen-bond acceptors (Lipinski definition) is 3. The van der Waals surface area contributed by atoms with Crippen molar-refractivity contribution >= 4 is 10.9 Å². The van der Waals surface area contributed by atoms with Crippen molar-refractivity contribution in [2.24, 2.45) is 0 Å². The molecule has 3 heteroatoms. The van der Waals surface area contributed by atoms with Crippen molar-refractivity contribution in [2.45, 2.75) is 33.3 Å². The first-order valence-electron chi connectivity index (χ1n) is 7.98. The first kappa shape index (κ1) is 15.3. The van der Waals surface area contributed by atoms with E-state index in [0.29, 0.717) is 18.1 Å². The molecule has 0 radical (unpaired) electrons. The third kappa shape index (κ3) is 3.29. The minimum atomic E-state index is 0.343. The molecule has 3 aromatic rings. The second-order valence-corrected chi connectivity index (χ2v) is 5.73. The largest absolute Gasteiger partial charge is 0.507 e. The lowest BCUT2D eigenvalue weighted by molar-refractivity contribution is 0.297. The zero-order valence-corrected chi connectivity index (χ0v) is 13.5. The number of pyridine rings is 1. The number of nitrogens with zero attached hydrogens (tertiary/aromatic N) is 1. The standard InChI is InChI=1S/C20H21NO2/c1-3-6-16-10-12-19(14(2)20(16)22)23-13-17-11-9-15-7-4-5-8-18(15)21-17/h4-5,7-12,22H,3,6,13H2,1-2H3. The maximum atomic E-state index is 10.3. The van der Waals surface area contributed by atoms with E-state index in [4.69, 9.17) is 4.74 Å². The fourth-order valence-corrected chi connectivity index (χ4v) is 2.71. The van der Waals surface area contributed by atoms with Gasteiger partial charge in [-0.1, -0.05) is 43.7 Å². The van der Waals surface area contributed by atoms with Crippen LogP contribution in [0.25, 0.3) is 10.9 Å². The van der Waals surface area contributed by atoms with Gasteiger partial charge in [0.1, 0.15) is 18.1 Å². The van der Waals surface area contributed by atoms with Gasteiger partial charge in [0.25, 0.3) is 0 Å². The van der Waals surface area contributed by atoms with Crippen LogP contribution in [0.5, 0.6) is 11.5 Å². The summed E-state index contributed by atoms with van der Waals surface area (Å²) in [6, 6.07) is 15.9. The fraction of sp³-hybridized carbons (Fsp3) is 0.250. The maximum Gasteiger partial charge on any atom is 0.130 e. The average molecular weight is 307 g/mol. The van der Waals surface area contributed by atoms with Crippen molar-refractivity contribution in [3.8, 4) is 11.5 Å². The van der Waals surface area contributed by atoms with E-state index < -0.39 is 0 Å². The molecule has 0 saturated carbocycles. The summed E-state index contributed by atoms with van der Waals surface area (Å²) in [5.41, 5.74) is 3.60. The lowest BCUT2D eigenvalue weighted by atomic mass is 10.0. The highest BCUT2D eigenvalue weighted by Gasteiger charge is 2.10. The Balaban J connectivity index is 1.78. The van der Waals surface area contributed by atoms with E-state index in [1.165, 1.54) is 0 Å². The highest BCUT2D eigenvalue weighted by Crippen LogP contribution is 2.31. The van der Waals surface area contributed by atoms with Crippen LogP contribution >= 0.6 is 0 Å². The summed E-state index contributed by atoms with van der Waals surface area (Å²) in [7, 11) is 0. The van der Waals surface area contributed by atoms with Crippen molar-refractivity contribution in [1.29, 1.82) is 0 Å². The zero-order chi connectivity index (χ0) is 16.2. The summed E-state index contributed by atoms with van der Waals surface area (Å²) >= 11 is 0. The summed E-state index contributed by atoms with van der Waals surface area (Å²) in [5, 5.41) is 11.4. The van der Waals surface area contributed by atoms with E-state index in [2.05, 4.69) is 18.0 Å². The molecule has 23 heavy (non-hydrogen) atoms. The van der Waals surface area contributed by atoms with Crippen LogP contribution in [0, 0.1) is 6.92 Å². The van der Waals surface area contributed by atoms with Gasteiger partial charge in [-0.3, -0.25) is 0 Å². The molecule has 3 nitrogen and oxygen atoms in total. The van der Waals surface area contributed by atoms with Crippen LogP contribution in [0.15, 0.2) is 48.5 Å². The molecular formula is C20H21NO2. The van der Waals surface area contributed by atoms with Crippen molar-refractivity contribution < 1.29 is 9.84 Å². The van der Waals surface area contributed by atoms with Gasteiger partial charge in [0, 0.05) is 10.9 Å². The molecule has 0 fully saturated rings. The van der Waals surface area contributed by atoms with Crippen LogP contribution < -0.4 is 4.74 Å². The lowest BCUT2D eigenvalue weighted by Crippen LogP contribution is -2.00. The summed E-state index contributed by atoms with van der Waals surface area (Å²) < 4.78 is 5.86. The lowest BCUT2D eigenvalue weighted by Gasteiger charge is -2.13. The predicted molar refractivity (Wildman–Crippen MR) is 92.9 cm³/mol. The molecule has 1 N–H and O–H groups in total. The van der Waals surface area contributed by atoms with Gasteiger partial charge in [-0.2, -0.15) is 0 Å². The van der Waals surface area contributed by atoms with E-state index in [0.717, 1.165) is 40.6 Å². The Labute approximate surface area is 136 Å². The Morgan fingerprint density at radius 1 is 1.04 bits per heavy atom. The minimum Gasteiger partial charge on any atom is -0.507 e. The van der Waals surface area contributed by atoms with Crippen molar-refractivity contribution in [2.75, 3.05) is 0 Å². The van der Waals surface area contributed by atoms with Gasteiger partial charge in [0.2, 0.25) is 0 Å². The Hall–Kier alpha value is -2.55. The first-order chi connectivity index (χ1) is 11.2. The van der Waals surface area contributed by atoms with Crippen LogP contribution in [0.2, 0.25) is 0 Å². The van der Waals surface area contributed by atoms with Crippen LogP contribution in [0.1, 0.15) is 30.2 Å². The normalized spacial score (nSPS) is 10.9. The Morgan fingerprint density at radius 2 is 1.87 bits per heavy atom. The number of para-hydroxylation sites is 1. The molecule has 0 aliphatic heterocycles. The van der Waals surface area contributed by atoms with Gasteiger partial charge in [0.15, 0.2) is 0 Å². The number of ether oxygens (including phenoxy) is 1. The predicted octanol–water partition coefficient (Wildman–Crippen LogP) is 4.78. The highest BCUT2D eigenvalue weighted by molar-refractivity contribution is 5.78. The average Bonchev–Trinajstić information content (AvgIpc) is 2.58. The second kappa shape index (κ2) is 6.69. The van der Waals surface area contributed by atoms with Gasteiger partial charge in [0.05, 0.1) is 11.2 Å². The third-order valence-electron chi connectivity index (χ3n) is 4.02. The minimum absolute atomic E-state index is 0.343. The molecule has 1 heterocycles. The molecule has 0 aliphatic rings. The van der Waals surface area contributed by atoms with E-state index in [1.807, 2.05) is 49.4 Å². The molecule has 1 aromatic heterocycles. The van der Waals surface area contributed by atoms with Crippen LogP contribution in [0.3, 0.4) is 0 Å². The number of aryl methyl sites for hydroxylation is 1. The SMILES string of the molecule is CCCc1ccc(OCc2ccc3ccccc3n2)c(C)c1O. The topological polar surface area (TPSA) is 42.4 Å². The summed E-state index contributed by atoms with van der Waals surface area (Å²) in [6.45, 7) is 4.38. The van der Waals surface area contributed by atoms with Crippen LogP contribution in [0.4, 0.5) is 0 Å².